The lowest BCUT2D eigenvalue weighted by atomic mass is 10.0. The summed E-state index contributed by atoms with van der Waals surface area (Å²) in [6, 6.07) is 5.46. The van der Waals surface area contributed by atoms with Gasteiger partial charge in [0.1, 0.15) is 11.4 Å². The predicted molar refractivity (Wildman–Crippen MR) is 83.3 cm³/mol. The Labute approximate surface area is 129 Å². The quantitative estimate of drug-likeness (QED) is 0.891. The van der Waals surface area contributed by atoms with Gasteiger partial charge in [-0.1, -0.05) is 18.5 Å². The molecule has 0 amide bonds. The molecule has 2 rings (SSSR count). The summed E-state index contributed by atoms with van der Waals surface area (Å²) in [5.41, 5.74) is 1.88. The van der Waals surface area contributed by atoms with Gasteiger partial charge in [-0.05, 0) is 24.7 Å². The second-order valence-corrected chi connectivity index (χ2v) is 5.04. The minimum absolute atomic E-state index is 0.119. The minimum atomic E-state index is -0.119. The average Bonchev–Trinajstić information content (AvgIpc) is 2.85. The summed E-state index contributed by atoms with van der Waals surface area (Å²) in [4.78, 5) is 0. The third-order valence-electron chi connectivity index (χ3n) is 3.35. The standard InChI is InChI=1S/C15H20ClN3O2/c1-5-17-14(15-13(21-4)9-18-19(15)2)11-8-10(16)6-7-12(11)20-3/h6-9,14,17H,5H2,1-4H3. The van der Waals surface area contributed by atoms with Crippen LogP contribution in [0.2, 0.25) is 5.02 Å². The summed E-state index contributed by atoms with van der Waals surface area (Å²) in [5, 5.41) is 8.37. The van der Waals surface area contributed by atoms with Gasteiger partial charge in [0.05, 0.1) is 26.5 Å². The third-order valence-corrected chi connectivity index (χ3v) is 3.59. The Morgan fingerprint density at radius 3 is 2.62 bits per heavy atom. The summed E-state index contributed by atoms with van der Waals surface area (Å²) in [5.74, 6) is 1.50. The van der Waals surface area contributed by atoms with E-state index in [1.54, 1.807) is 25.1 Å². The second-order valence-electron chi connectivity index (χ2n) is 4.60. The molecule has 2 aromatic rings. The van der Waals surface area contributed by atoms with Crippen LogP contribution in [-0.2, 0) is 7.05 Å². The van der Waals surface area contributed by atoms with Crippen LogP contribution in [0.4, 0.5) is 0 Å². The molecule has 21 heavy (non-hydrogen) atoms. The molecule has 1 aromatic heterocycles. The van der Waals surface area contributed by atoms with Gasteiger partial charge in [0.2, 0.25) is 0 Å². The van der Waals surface area contributed by atoms with Gasteiger partial charge in [0.15, 0.2) is 5.75 Å². The smallest absolute Gasteiger partial charge is 0.161 e. The number of methoxy groups -OCH3 is 2. The first kappa shape index (κ1) is 15.7. The molecule has 0 fully saturated rings. The van der Waals surface area contributed by atoms with Crippen molar-refractivity contribution < 1.29 is 9.47 Å². The van der Waals surface area contributed by atoms with Gasteiger partial charge in [-0.25, -0.2) is 0 Å². The first-order valence-electron chi connectivity index (χ1n) is 6.75. The molecule has 114 valence electrons. The Hall–Kier alpha value is -1.72. The molecular weight excluding hydrogens is 290 g/mol. The van der Waals surface area contributed by atoms with Gasteiger partial charge in [-0.3, -0.25) is 4.68 Å². The second kappa shape index (κ2) is 6.83. The lowest BCUT2D eigenvalue weighted by Gasteiger charge is -2.22. The van der Waals surface area contributed by atoms with E-state index in [0.29, 0.717) is 5.02 Å². The van der Waals surface area contributed by atoms with E-state index in [-0.39, 0.29) is 6.04 Å². The van der Waals surface area contributed by atoms with Crippen molar-refractivity contribution in [3.63, 3.8) is 0 Å². The molecule has 0 aliphatic carbocycles. The van der Waals surface area contributed by atoms with Gasteiger partial charge in [0, 0.05) is 17.6 Å². The van der Waals surface area contributed by atoms with E-state index in [1.807, 2.05) is 32.2 Å². The molecule has 0 spiro atoms. The SMILES string of the molecule is CCNC(c1cc(Cl)ccc1OC)c1c(OC)cnn1C. The van der Waals surface area contributed by atoms with Crippen molar-refractivity contribution in [3.8, 4) is 11.5 Å². The van der Waals surface area contributed by atoms with Crippen molar-refractivity contribution >= 4 is 11.6 Å². The lowest BCUT2D eigenvalue weighted by molar-refractivity contribution is 0.390. The van der Waals surface area contributed by atoms with Crippen LogP contribution in [0.5, 0.6) is 11.5 Å². The Balaban J connectivity index is 2.58. The highest BCUT2D eigenvalue weighted by molar-refractivity contribution is 6.30. The lowest BCUT2D eigenvalue weighted by Crippen LogP contribution is -2.25. The summed E-state index contributed by atoms with van der Waals surface area (Å²) in [6.07, 6.45) is 1.71. The van der Waals surface area contributed by atoms with Gasteiger partial charge in [-0.15, -0.1) is 0 Å². The molecule has 1 heterocycles. The zero-order valence-electron chi connectivity index (χ0n) is 12.7. The highest BCUT2D eigenvalue weighted by atomic mass is 35.5. The molecule has 0 radical (unpaired) electrons. The average molecular weight is 310 g/mol. The first-order chi connectivity index (χ1) is 10.1. The number of rotatable bonds is 6. The minimum Gasteiger partial charge on any atom is -0.496 e. The van der Waals surface area contributed by atoms with E-state index < -0.39 is 0 Å². The number of aromatic nitrogens is 2. The maximum atomic E-state index is 6.16. The van der Waals surface area contributed by atoms with Crippen LogP contribution in [0, 0.1) is 0 Å². The van der Waals surface area contributed by atoms with Crippen LogP contribution in [0.3, 0.4) is 0 Å². The van der Waals surface area contributed by atoms with Crippen molar-refractivity contribution in [2.45, 2.75) is 13.0 Å². The van der Waals surface area contributed by atoms with E-state index >= 15 is 0 Å². The highest BCUT2D eigenvalue weighted by Crippen LogP contribution is 2.35. The summed E-state index contributed by atoms with van der Waals surface area (Å²) < 4.78 is 12.7. The fraction of sp³-hybridized carbons (Fsp3) is 0.400. The molecule has 1 aromatic carbocycles. The van der Waals surface area contributed by atoms with E-state index in [9.17, 15) is 0 Å². The van der Waals surface area contributed by atoms with E-state index in [0.717, 1.165) is 29.3 Å². The Morgan fingerprint density at radius 2 is 2.00 bits per heavy atom. The van der Waals surface area contributed by atoms with E-state index in [2.05, 4.69) is 10.4 Å². The molecule has 0 aliphatic heterocycles. The fourth-order valence-electron chi connectivity index (χ4n) is 2.40. The molecule has 0 saturated heterocycles. The molecule has 0 bridgehead atoms. The number of nitrogens with zero attached hydrogens (tertiary/aromatic N) is 2. The van der Waals surface area contributed by atoms with Crippen molar-refractivity contribution in [3.05, 3.63) is 40.7 Å². The third kappa shape index (κ3) is 3.14. The maximum Gasteiger partial charge on any atom is 0.161 e. The van der Waals surface area contributed by atoms with Crippen molar-refractivity contribution in [2.24, 2.45) is 7.05 Å². The Kier molecular flexibility index (Phi) is 5.09. The molecular formula is C15H20ClN3O2. The van der Waals surface area contributed by atoms with Crippen molar-refractivity contribution in [2.75, 3.05) is 20.8 Å². The molecule has 1 unspecified atom stereocenters. The number of ether oxygens (including phenoxy) is 2. The summed E-state index contributed by atoms with van der Waals surface area (Å²) >= 11 is 6.16. The number of hydrogen-bond donors (Lipinski definition) is 1. The van der Waals surface area contributed by atoms with Gasteiger partial charge in [0.25, 0.3) is 0 Å². The van der Waals surface area contributed by atoms with Crippen LogP contribution in [-0.4, -0.2) is 30.5 Å². The number of aryl methyl sites for hydroxylation is 1. The first-order valence-corrected chi connectivity index (χ1v) is 7.12. The highest BCUT2D eigenvalue weighted by Gasteiger charge is 2.24. The fourth-order valence-corrected chi connectivity index (χ4v) is 2.58. The zero-order chi connectivity index (χ0) is 15.4. The summed E-state index contributed by atoms with van der Waals surface area (Å²) in [6.45, 7) is 2.83. The van der Waals surface area contributed by atoms with E-state index in [4.69, 9.17) is 21.1 Å². The maximum absolute atomic E-state index is 6.16. The molecule has 1 N–H and O–H groups in total. The van der Waals surface area contributed by atoms with Crippen LogP contribution >= 0.6 is 11.6 Å². The summed E-state index contributed by atoms with van der Waals surface area (Å²) in [7, 11) is 5.17. The largest absolute Gasteiger partial charge is 0.496 e. The molecule has 0 aliphatic rings. The van der Waals surface area contributed by atoms with Gasteiger partial charge < -0.3 is 14.8 Å². The predicted octanol–water partition coefficient (Wildman–Crippen LogP) is 2.79. The zero-order valence-corrected chi connectivity index (χ0v) is 13.4. The number of hydrogen-bond acceptors (Lipinski definition) is 4. The number of nitrogens with one attached hydrogen (secondary N) is 1. The van der Waals surface area contributed by atoms with Crippen molar-refractivity contribution in [1.29, 1.82) is 0 Å². The van der Waals surface area contributed by atoms with Crippen LogP contribution in [0.15, 0.2) is 24.4 Å². The Morgan fingerprint density at radius 1 is 1.29 bits per heavy atom. The monoisotopic (exact) mass is 309 g/mol. The van der Waals surface area contributed by atoms with Crippen LogP contribution < -0.4 is 14.8 Å². The van der Waals surface area contributed by atoms with E-state index in [1.165, 1.54) is 0 Å². The molecule has 1 atom stereocenters. The normalized spacial score (nSPS) is 12.2. The van der Waals surface area contributed by atoms with Gasteiger partial charge in [-0.2, -0.15) is 5.10 Å². The molecule has 0 saturated carbocycles. The Bertz CT molecular complexity index is 613. The molecule has 6 heteroatoms. The van der Waals surface area contributed by atoms with Gasteiger partial charge >= 0.3 is 0 Å². The number of benzene rings is 1. The van der Waals surface area contributed by atoms with Crippen molar-refractivity contribution in [1.82, 2.24) is 15.1 Å². The topological polar surface area (TPSA) is 48.3 Å². The van der Waals surface area contributed by atoms with Crippen LogP contribution in [0.25, 0.3) is 0 Å². The molecule has 5 nitrogen and oxygen atoms in total. The number of halogens is 1. The van der Waals surface area contributed by atoms with Crippen LogP contribution in [0.1, 0.15) is 24.2 Å².